The van der Waals surface area contributed by atoms with Gasteiger partial charge in [0.25, 0.3) is 0 Å². The Bertz CT molecular complexity index is 456. The number of aliphatic hydroxyl groups is 1. The van der Waals surface area contributed by atoms with Crippen LogP contribution in [-0.4, -0.2) is 17.2 Å². The molecule has 1 aliphatic rings. The average Bonchev–Trinajstić information content (AvgIpc) is 2.81. The van der Waals surface area contributed by atoms with Crippen molar-refractivity contribution in [2.75, 3.05) is 0 Å². The Kier molecular flexibility index (Phi) is 11.0. The smallest absolute Gasteiger partial charge is 0.341 e. The number of esters is 1. The second-order valence-corrected chi connectivity index (χ2v) is 6.55. The van der Waals surface area contributed by atoms with Gasteiger partial charge in [0.05, 0.1) is 5.57 Å². The van der Waals surface area contributed by atoms with E-state index in [1.807, 2.05) is 0 Å². The number of terminal acetylenes is 1. The molecule has 1 atom stereocenters. The number of hydrogen-bond donors (Lipinski definition) is 1. The maximum Gasteiger partial charge on any atom is 0.341 e. The number of rotatable bonds is 13. The summed E-state index contributed by atoms with van der Waals surface area (Å²) in [5, 5.41) is 9.71. The molecule has 3 nitrogen and oxygen atoms in total. The second-order valence-electron chi connectivity index (χ2n) is 6.55. The summed E-state index contributed by atoms with van der Waals surface area (Å²) in [5.74, 6) is 2.38. The van der Waals surface area contributed by atoms with Gasteiger partial charge < -0.3 is 9.84 Å². The van der Waals surface area contributed by atoms with Crippen LogP contribution >= 0.6 is 0 Å². The highest BCUT2D eigenvalue weighted by Crippen LogP contribution is 2.23. The molecule has 1 rings (SSSR count). The molecule has 0 aliphatic carbocycles. The maximum atomic E-state index is 11.4. The summed E-state index contributed by atoms with van der Waals surface area (Å²) in [6, 6.07) is 0. The lowest BCUT2D eigenvalue weighted by atomic mass is 10.0. The lowest BCUT2D eigenvalue weighted by Crippen LogP contribution is -2.07. The zero-order valence-electron chi connectivity index (χ0n) is 14.9. The molecule has 0 aromatic heterocycles. The molecular weight excluding hydrogens is 300 g/mol. The number of aliphatic hydroxyl groups excluding tert-OH is 1. The third kappa shape index (κ3) is 8.36. The van der Waals surface area contributed by atoms with Crippen molar-refractivity contribution < 1.29 is 14.6 Å². The van der Waals surface area contributed by atoms with Crippen LogP contribution in [0.3, 0.4) is 0 Å². The molecule has 0 saturated carbocycles. The minimum Gasteiger partial charge on any atom is -0.425 e. The Morgan fingerprint density at radius 1 is 1.00 bits per heavy atom. The van der Waals surface area contributed by atoms with Crippen molar-refractivity contribution in [3.8, 4) is 12.3 Å². The van der Waals surface area contributed by atoms with Gasteiger partial charge in [-0.25, -0.2) is 4.79 Å². The maximum absolute atomic E-state index is 11.4. The van der Waals surface area contributed by atoms with Crippen LogP contribution in [0.25, 0.3) is 0 Å². The molecule has 1 saturated heterocycles. The van der Waals surface area contributed by atoms with E-state index in [0.29, 0.717) is 5.57 Å². The molecule has 3 heteroatoms. The molecule has 0 amide bonds. The molecule has 1 heterocycles. The van der Waals surface area contributed by atoms with Crippen molar-refractivity contribution in [3.05, 3.63) is 24.0 Å². The summed E-state index contributed by atoms with van der Waals surface area (Å²) < 4.78 is 4.80. The number of unbranched alkanes of at least 4 members (excludes halogenated alkanes) is 12. The molecule has 134 valence electrons. The van der Waals surface area contributed by atoms with Crippen molar-refractivity contribution >= 4 is 5.97 Å². The van der Waals surface area contributed by atoms with Gasteiger partial charge in [-0.3, -0.25) is 0 Å². The third-order valence-corrected chi connectivity index (χ3v) is 4.45. The van der Waals surface area contributed by atoms with Gasteiger partial charge in [-0.15, -0.1) is 12.3 Å². The zero-order chi connectivity index (χ0) is 17.6. The van der Waals surface area contributed by atoms with E-state index in [2.05, 4.69) is 12.5 Å². The van der Waals surface area contributed by atoms with Gasteiger partial charge in [-0.2, -0.15) is 0 Å². The van der Waals surface area contributed by atoms with Crippen LogP contribution in [0.1, 0.15) is 83.5 Å². The van der Waals surface area contributed by atoms with Gasteiger partial charge in [0.2, 0.25) is 0 Å². The monoisotopic (exact) mass is 332 g/mol. The molecule has 1 aliphatic heterocycles. The lowest BCUT2D eigenvalue weighted by Gasteiger charge is -2.02. The Balaban J connectivity index is 1.88. The fraction of sp³-hybridized carbons (Fsp3) is 0.667. The highest BCUT2D eigenvalue weighted by atomic mass is 16.6. The van der Waals surface area contributed by atoms with Gasteiger partial charge in [0.15, 0.2) is 0 Å². The quantitative estimate of drug-likeness (QED) is 0.222. The number of carbonyl (C=O) groups is 1. The van der Waals surface area contributed by atoms with E-state index in [1.165, 1.54) is 64.2 Å². The lowest BCUT2D eigenvalue weighted by molar-refractivity contribution is -0.132. The molecule has 1 unspecified atom stereocenters. The Labute approximate surface area is 147 Å². The van der Waals surface area contributed by atoms with Gasteiger partial charge >= 0.3 is 5.97 Å². The molecule has 0 radical (unpaired) electrons. The molecular formula is C21H32O3. The van der Waals surface area contributed by atoms with Gasteiger partial charge in [0, 0.05) is 6.42 Å². The number of carbonyl (C=O) groups excluding carboxylic acids is 1. The fourth-order valence-corrected chi connectivity index (χ4v) is 2.93. The van der Waals surface area contributed by atoms with Crippen molar-refractivity contribution in [2.45, 2.75) is 89.6 Å². The second kappa shape index (κ2) is 12.8. The van der Waals surface area contributed by atoms with E-state index in [0.717, 1.165) is 19.3 Å². The normalized spacial score (nSPS) is 18.8. The minimum atomic E-state index is -0.941. The topological polar surface area (TPSA) is 46.5 Å². The van der Waals surface area contributed by atoms with Crippen molar-refractivity contribution in [2.24, 2.45) is 0 Å². The summed E-state index contributed by atoms with van der Waals surface area (Å²) in [6.45, 7) is 3.51. The van der Waals surface area contributed by atoms with Crippen LogP contribution < -0.4 is 0 Å². The van der Waals surface area contributed by atoms with Gasteiger partial charge in [0.1, 0.15) is 11.9 Å². The largest absolute Gasteiger partial charge is 0.425 e. The van der Waals surface area contributed by atoms with E-state index in [4.69, 9.17) is 11.2 Å². The van der Waals surface area contributed by atoms with E-state index < -0.39 is 12.1 Å². The summed E-state index contributed by atoms with van der Waals surface area (Å²) >= 11 is 0. The predicted octanol–water partition coefficient (Wildman–Crippen LogP) is 5.05. The minimum absolute atomic E-state index is 0.141. The van der Waals surface area contributed by atoms with Crippen LogP contribution in [-0.2, 0) is 9.53 Å². The summed E-state index contributed by atoms with van der Waals surface area (Å²) in [6.07, 6.45) is 21.7. The van der Waals surface area contributed by atoms with Crippen molar-refractivity contribution in [3.63, 3.8) is 0 Å². The SMILES string of the molecule is C#CCCCCCCCCCCCCCC=C1C(=O)OC(=C)C1O. The van der Waals surface area contributed by atoms with Gasteiger partial charge in [-0.05, 0) is 19.3 Å². The van der Waals surface area contributed by atoms with Crippen molar-refractivity contribution in [1.82, 2.24) is 0 Å². The van der Waals surface area contributed by atoms with E-state index >= 15 is 0 Å². The molecule has 1 fully saturated rings. The van der Waals surface area contributed by atoms with E-state index in [-0.39, 0.29) is 5.76 Å². The Morgan fingerprint density at radius 2 is 1.50 bits per heavy atom. The molecule has 0 aromatic carbocycles. The van der Waals surface area contributed by atoms with Gasteiger partial charge in [-0.1, -0.05) is 70.4 Å². The molecule has 24 heavy (non-hydrogen) atoms. The number of hydrogen-bond acceptors (Lipinski definition) is 3. The fourth-order valence-electron chi connectivity index (χ4n) is 2.93. The van der Waals surface area contributed by atoms with E-state index in [1.54, 1.807) is 6.08 Å². The van der Waals surface area contributed by atoms with E-state index in [9.17, 15) is 9.90 Å². The molecule has 0 bridgehead atoms. The molecule has 0 spiro atoms. The molecule has 0 aromatic rings. The first-order valence-electron chi connectivity index (χ1n) is 9.39. The number of allylic oxidation sites excluding steroid dienone is 1. The van der Waals surface area contributed by atoms with Crippen LogP contribution in [0, 0.1) is 12.3 Å². The first-order chi connectivity index (χ1) is 11.7. The zero-order valence-corrected chi connectivity index (χ0v) is 14.9. The van der Waals surface area contributed by atoms with Crippen LogP contribution in [0.5, 0.6) is 0 Å². The first-order valence-corrected chi connectivity index (χ1v) is 9.39. The standard InChI is InChI=1S/C21H32O3/c1-3-4-5-6-7-8-9-10-11-12-13-14-15-16-17-19-20(22)18(2)24-21(19)23/h1,17,20,22H,2,4-16H2. The Hall–Kier alpha value is -1.53. The predicted molar refractivity (Wildman–Crippen MR) is 98.2 cm³/mol. The highest BCUT2D eigenvalue weighted by molar-refractivity contribution is 5.93. The summed E-state index contributed by atoms with van der Waals surface area (Å²) in [5.41, 5.74) is 0.349. The highest BCUT2D eigenvalue weighted by Gasteiger charge is 2.32. The average molecular weight is 332 g/mol. The van der Waals surface area contributed by atoms with Crippen molar-refractivity contribution in [1.29, 1.82) is 0 Å². The summed E-state index contributed by atoms with van der Waals surface area (Å²) in [7, 11) is 0. The third-order valence-electron chi connectivity index (χ3n) is 4.45. The summed E-state index contributed by atoms with van der Waals surface area (Å²) in [4.78, 5) is 11.4. The van der Waals surface area contributed by atoms with Crippen LogP contribution in [0.2, 0.25) is 0 Å². The number of ether oxygens (including phenoxy) is 1. The molecule has 1 N–H and O–H groups in total. The number of cyclic esters (lactones) is 1. The Morgan fingerprint density at radius 3 is 1.96 bits per heavy atom. The van der Waals surface area contributed by atoms with Crippen LogP contribution in [0.4, 0.5) is 0 Å². The van der Waals surface area contributed by atoms with Crippen LogP contribution in [0.15, 0.2) is 24.0 Å². The first kappa shape index (κ1) is 20.5.